The third kappa shape index (κ3) is 1.80. The van der Waals surface area contributed by atoms with Crippen LogP contribution in [-0.4, -0.2) is 16.3 Å². The van der Waals surface area contributed by atoms with E-state index >= 15 is 0 Å². The zero-order valence-electron chi connectivity index (χ0n) is 7.12. The summed E-state index contributed by atoms with van der Waals surface area (Å²) in [4.78, 5) is 0. The lowest BCUT2D eigenvalue weighted by molar-refractivity contribution is 0.575. The van der Waals surface area contributed by atoms with Crippen molar-refractivity contribution in [1.82, 2.24) is 9.78 Å². The number of hydrogen-bond donors (Lipinski definition) is 1. The average Bonchev–Trinajstić information content (AvgIpc) is 2.36. The van der Waals surface area contributed by atoms with Crippen LogP contribution < -0.4 is 5.73 Å². The van der Waals surface area contributed by atoms with Crippen molar-refractivity contribution in [3.05, 3.63) is 18.0 Å². The Balaban J connectivity index is 2.78. The minimum Gasteiger partial charge on any atom is -0.329 e. The van der Waals surface area contributed by atoms with Crippen molar-refractivity contribution in [3.63, 3.8) is 0 Å². The van der Waals surface area contributed by atoms with Crippen LogP contribution in [0.5, 0.6) is 0 Å². The minimum absolute atomic E-state index is 0.532. The van der Waals surface area contributed by atoms with E-state index in [1.165, 1.54) is 5.69 Å². The topological polar surface area (TPSA) is 43.8 Å². The van der Waals surface area contributed by atoms with Crippen LogP contribution in [0.2, 0.25) is 0 Å². The molecule has 3 heteroatoms. The van der Waals surface area contributed by atoms with E-state index in [1.54, 1.807) is 0 Å². The maximum absolute atomic E-state index is 5.43. The van der Waals surface area contributed by atoms with E-state index in [1.807, 2.05) is 16.9 Å². The van der Waals surface area contributed by atoms with E-state index in [0.717, 1.165) is 6.54 Å². The van der Waals surface area contributed by atoms with Gasteiger partial charge in [-0.2, -0.15) is 5.10 Å². The van der Waals surface area contributed by atoms with Crippen LogP contribution >= 0.6 is 0 Å². The van der Waals surface area contributed by atoms with Crippen molar-refractivity contribution in [2.24, 2.45) is 5.73 Å². The molecule has 0 aliphatic heterocycles. The summed E-state index contributed by atoms with van der Waals surface area (Å²) in [6, 6.07) is 2.04. The summed E-state index contributed by atoms with van der Waals surface area (Å²) in [6.45, 7) is 5.79. The highest BCUT2D eigenvalue weighted by Gasteiger charge is 2.04. The lowest BCUT2D eigenvalue weighted by Crippen LogP contribution is -2.13. The standard InChI is InChI=1S/C8H15N3/c1-7(2)8-3-5-10-11(8)6-4-9/h3,5,7H,4,6,9H2,1-2H3. The Bertz CT molecular complexity index is 215. The van der Waals surface area contributed by atoms with E-state index in [9.17, 15) is 0 Å². The smallest absolute Gasteiger partial charge is 0.0535 e. The molecule has 0 aliphatic carbocycles. The van der Waals surface area contributed by atoms with Crippen molar-refractivity contribution >= 4 is 0 Å². The first kappa shape index (κ1) is 8.27. The Morgan fingerprint density at radius 1 is 1.64 bits per heavy atom. The summed E-state index contributed by atoms with van der Waals surface area (Å²) in [7, 11) is 0. The molecule has 0 unspecified atom stereocenters. The van der Waals surface area contributed by atoms with Crippen LogP contribution in [0.3, 0.4) is 0 Å². The molecular weight excluding hydrogens is 138 g/mol. The summed E-state index contributed by atoms with van der Waals surface area (Å²) in [5.41, 5.74) is 6.69. The lowest BCUT2D eigenvalue weighted by atomic mass is 10.1. The van der Waals surface area contributed by atoms with Crippen molar-refractivity contribution in [3.8, 4) is 0 Å². The van der Waals surface area contributed by atoms with Gasteiger partial charge in [0.2, 0.25) is 0 Å². The average molecular weight is 153 g/mol. The van der Waals surface area contributed by atoms with E-state index in [2.05, 4.69) is 18.9 Å². The SMILES string of the molecule is CC(C)c1ccnn1CCN. The molecule has 0 aliphatic rings. The van der Waals surface area contributed by atoms with Gasteiger partial charge < -0.3 is 5.73 Å². The van der Waals surface area contributed by atoms with Crippen LogP contribution in [0.1, 0.15) is 25.5 Å². The van der Waals surface area contributed by atoms with Gasteiger partial charge in [0.15, 0.2) is 0 Å². The highest BCUT2D eigenvalue weighted by Crippen LogP contribution is 2.12. The van der Waals surface area contributed by atoms with Gasteiger partial charge in [-0.15, -0.1) is 0 Å². The summed E-state index contributed by atoms with van der Waals surface area (Å²) >= 11 is 0. The Hall–Kier alpha value is -0.830. The van der Waals surface area contributed by atoms with Crippen molar-refractivity contribution < 1.29 is 0 Å². The van der Waals surface area contributed by atoms with Gasteiger partial charge >= 0.3 is 0 Å². The number of aromatic nitrogens is 2. The summed E-state index contributed by atoms with van der Waals surface area (Å²) in [6.07, 6.45) is 1.82. The van der Waals surface area contributed by atoms with Gasteiger partial charge in [0.25, 0.3) is 0 Å². The first-order valence-corrected chi connectivity index (χ1v) is 3.97. The zero-order valence-corrected chi connectivity index (χ0v) is 7.12. The monoisotopic (exact) mass is 153 g/mol. The van der Waals surface area contributed by atoms with E-state index in [0.29, 0.717) is 12.5 Å². The minimum atomic E-state index is 0.532. The fourth-order valence-electron chi connectivity index (χ4n) is 1.14. The fourth-order valence-corrected chi connectivity index (χ4v) is 1.14. The molecule has 0 saturated heterocycles. The predicted molar refractivity (Wildman–Crippen MR) is 45.4 cm³/mol. The highest BCUT2D eigenvalue weighted by atomic mass is 15.3. The highest BCUT2D eigenvalue weighted by molar-refractivity contribution is 5.05. The molecule has 0 aromatic carbocycles. The van der Waals surface area contributed by atoms with E-state index < -0.39 is 0 Å². The van der Waals surface area contributed by atoms with Crippen molar-refractivity contribution in [2.75, 3.05) is 6.54 Å². The molecule has 0 radical (unpaired) electrons. The van der Waals surface area contributed by atoms with Crippen molar-refractivity contribution in [1.29, 1.82) is 0 Å². The molecule has 1 heterocycles. The Morgan fingerprint density at radius 3 is 2.91 bits per heavy atom. The first-order chi connectivity index (χ1) is 5.25. The molecule has 0 bridgehead atoms. The van der Waals surface area contributed by atoms with Gasteiger partial charge in [0, 0.05) is 18.4 Å². The second-order valence-corrected chi connectivity index (χ2v) is 2.92. The van der Waals surface area contributed by atoms with Crippen LogP contribution in [0.25, 0.3) is 0 Å². The third-order valence-corrected chi connectivity index (χ3v) is 1.68. The summed E-state index contributed by atoms with van der Waals surface area (Å²) < 4.78 is 1.96. The quantitative estimate of drug-likeness (QED) is 0.703. The van der Waals surface area contributed by atoms with E-state index in [4.69, 9.17) is 5.73 Å². The summed E-state index contributed by atoms with van der Waals surface area (Å²) in [5, 5.41) is 4.16. The van der Waals surface area contributed by atoms with Gasteiger partial charge in [-0.1, -0.05) is 13.8 Å². The van der Waals surface area contributed by atoms with Gasteiger partial charge in [0.1, 0.15) is 0 Å². The maximum atomic E-state index is 5.43. The molecule has 0 saturated carbocycles. The molecule has 3 nitrogen and oxygen atoms in total. The van der Waals surface area contributed by atoms with Gasteiger partial charge in [-0.05, 0) is 12.0 Å². The third-order valence-electron chi connectivity index (χ3n) is 1.68. The number of hydrogen-bond acceptors (Lipinski definition) is 2. The Labute approximate surface area is 67.2 Å². The molecule has 0 fully saturated rings. The molecule has 0 amide bonds. The second-order valence-electron chi connectivity index (χ2n) is 2.92. The molecule has 1 rings (SSSR count). The van der Waals surface area contributed by atoms with E-state index in [-0.39, 0.29) is 0 Å². The van der Waals surface area contributed by atoms with Crippen LogP contribution in [0, 0.1) is 0 Å². The Kier molecular flexibility index (Phi) is 2.65. The molecule has 0 atom stereocenters. The summed E-state index contributed by atoms with van der Waals surface area (Å²) in [5.74, 6) is 0.532. The molecule has 11 heavy (non-hydrogen) atoms. The zero-order chi connectivity index (χ0) is 8.27. The predicted octanol–water partition coefficient (Wildman–Crippen LogP) is 0.965. The largest absolute Gasteiger partial charge is 0.329 e. The molecule has 1 aromatic rings. The number of rotatable bonds is 3. The Morgan fingerprint density at radius 2 is 2.36 bits per heavy atom. The first-order valence-electron chi connectivity index (χ1n) is 3.97. The maximum Gasteiger partial charge on any atom is 0.0535 e. The number of nitrogens with two attached hydrogens (primary N) is 1. The lowest BCUT2D eigenvalue weighted by Gasteiger charge is -2.07. The fraction of sp³-hybridized carbons (Fsp3) is 0.625. The van der Waals surface area contributed by atoms with Gasteiger partial charge in [-0.3, -0.25) is 4.68 Å². The second kappa shape index (κ2) is 3.53. The normalized spacial score (nSPS) is 10.9. The van der Waals surface area contributed by atoms with Crippen LogP contribution in [-0.2, 0) is 6.54 Å². The van der Waals surface area contributed by atoms with Crippen molar-refractivity contribution in [2.45, 2.75) is 26.3 Å². The molecule has 0 spiro atoms. The van der Waals surface area contributed by atoms with Gasteiger partial charge in [-0.25, -0.2) is 0 Å². The number of nitrogens with zero attached hydrogens (tertiary/aromatic N) is 2. The van der Waals surface area contributed by atoms with Crippen LogP contribution in [0.15, 0.2) is 12.3 Å². The molecule has 2 N–H and O–H groups in total. The molecular formula is C8H15N3. The van der Waals surface area contributed by atoms with Gasteiger partial charge in [0.05, 0.1) is 6.54 Å². The molecule has 1 aromatic heterocycles. The molecule has 62 valence electrons. The van der Waals surface area contributed by atoms with Crippen LogP contribution in [0.4, 0.5) is 0 Å².